The number of hydrogen-bond donors (Lipinski definition) is 0. The highest BCUT2D eigenvalue weighted by Gasteiger charge is 2.49. The summed E-state index contributed by atoms with van der Waals surface area (Å²) in [6.45, 7) is 3.31. The molecule has 0 aliphatic carbocycles. The summed E-state index contributed by atoms with van der Waals surface area (Å²) in [5.41, 5.74) is 2.13. The number of amides is 2. The van der Waals surface area contributed by atoms with Gasteiger partial charge in [0.2, 0.25) is 0 Å². The fraction of sp³-hybridized carbons (Fsp3) is 0.435. The highest BCUT2D eigenvalue weighted by molar-refractivity contribution is 5.75. The predicted octanol–water partition coefficient (Wildman–Crippen LogP) is 3.62. The van der Waals surface area contributed by atoms with Crippen LogP contribution in [0.25, 0.3) is 0 Å². The first-order valence-electron chi connectivity index (χ1n) is 10.0. The number of ether oxygens (including phenoxy) is 1. The van der Waals surface area contributed by atoms with Crippen molar-refractivity contribution in [3.05, 3.63) is 65.5 Å². The third-order valence-corrected chi connectivity index (χ3v) is 6.12. The molecule has 0 saturated carbocycles. The van der Waals surface area contributed by atoms with Gasteiger partial charge in [0.1, 0.15) is 11.6 Å². The molecule has 0 radical (unpaired) electrons. The molecule has 154 valence electrons. The Balaban J connectivity index is 1.56. The van der Waals surface area contributed by atoms with Crippen LogP contribution in [0.2, 0.25) is 0 Å². The maximum Gasteiger partial charge on any atom is 0.320 e. The van der Waals surface area contributed by atoms with E-state index >= 15 is 0 Å². The molecule has 0 aromatic heterocycles. The molecule has 2 heterocycles. The Labute approximate surface area is 171 Å². The summed E-state index contributed by atoms with van der Waals surface area (Å²) in [6.07, 6.45) is 0. The van der Waals surface area contributed by atoms with E-state index in [2.05, 4.69) is 17.0 Å². The average molecular weight is 397 g/mol. The molecular formula is C23H28FN3O2. The summed E-state index contributed by atoms with van der Waals surface area (Å²) >= 11 is 0. The van der Waals surface area contributed by atoms with Crippen molar-refractivity contribution >= 4 is 6.03 Å². The highest BCUT2D eigenvalue weighted by Crippen LogP contribution is 2.45. The van der Waals surface area contributed by atoms with Crippen LogP contribution in [0.3, 0.4) is 0 Å². The molecule has 2 saturated heterocycles. The second-order valence-electron chi connectivity index (χ2n) is 8.30. The molecular weight excluding hydrogens is 369 g/mol. The number of nitrogens with zero attached hydrogens (tertiary/aromatic N) is 3. The fourth-order valence-electron chi connectivity index (χ4n) is 4.84. The second-order valence-corrected chi connectivity index (χ2v) is 8.30. The number of likely N-dealkylation sites (tertiary alicyclic amines) is 2. The summed E-state index contributed by atoms with van der Waals surface area (Å²) < 4.78 is 18.9. The van der Waals surface area contributed by atoms with Crippen molar-refractivity contribution < 1.29 is 13.9 Å². The van der Waals surface area contributed by atoms with Crippen LogP contribution in [0.5, 0.6) is 5.75 Å². The van der Waals surface area contributed by atoms with Crippen LogP contribution < -0.4 is 4.74 Å². The summed E-state index contributed by atoms with van der Waals surface area (Å²) in [4.78, 5) is 18.9. The number of hydrogen-bond acceptors (Lipinski definition) is 3. The van der Waals surface area contributed by atoms with Gasteiger partial charge in [-0.1, -0.05) is 24.3 Å². The molecule has 2 aromatic rings. The van der Waals surface area contributed by atoms with Gasteiger partial charge in [-0.2, -0.15) is 0 Å². The zero-order chi connectivity index (χ0) is 20.5. The summed E-state index contributed by atoms with van der Waals surface area (Å²) in [5, 5.41) is 0. The van der Waals surface area contributed by atoms with Gasteiger partial charge in [-0.05, 0) is 41.3 Å². The Hall–Kier alpha value is -2.60. The third kappa shape index (κ3) is 3.94. The largest absolute Gasteiger partial charge is 0.497 e. The normalized spacial score (nSPS) is 23.9. The first-order valence-corrected chi connectivity index (χ1v) is 10.0. The molecule has 6 heteroatoms. The predicted molar refractivity (Wildman–Crippen MR) is 110 cm³/mol. The zero-order valence-corrected chi connectivity index (χ0v) is 17.2. The Morgan fingerprint density at radius 1 is 1.14 bits per heavy atom. The summed E-state index contributed by atoms with van der Waals surface area (Å²) in [7, 11) is 5.26. The zero-order valence-electron chi connectivity index (χ0n) is 17.2. The lowest BCUT2D eigenvalue weighted by atomic mass is 9.89. The average Bonchev–Trinajstić information content (AvgIpc) is 3.24. The van der Waals surface area contributed by atoms with Crippen LogP contribution in [0.4, 0.5) is 9.18 Å². The van der Waals surface area contributed by atoms with Gasteiger partial charge < -0.3 is 14.5 Å². The van der Waals surface area contributed by atoms with Crippen molar-refractivity contribution in [2.75, 3.05) is 40.8 Å². The number of fused-ring (bicyclic) bond motifs is 1. The van der Waals surface area contributed by atoms with Crippen LogP contribution in [0.1, 0.15) is 17.2 Å². The highest BCUT2D eigenvalue weighted by atomic mass is 19.1. The van der Waals surface area contributed by atoms with E-state index in [9.17, 15) is 9.18 Å². The minimum absolute atomic E-state index is 0.0401. The second kappa shape index (κ2) is 8.03. The van der Waals surface area contributed by atoms with E-state index in [1.54, 1.807) is 38.2 Å². The molecule has 0 N–H and O–H groups in total. The van der Waals surface area contributed by atoms with Crippen molar-refractivity contribution in [2.24, 2.45) is 11.8 Å². The lowest BCUT2D eigenvalue weighted by molar-refractivity contribution is 0.151. The number of carbonyl (C=O) groups is 1. The Morgan fingerprint density at radius 2 is 1.90 bits per heavy atom. The number of urea groups is 1. The first kappa shape index (κ1) is 19.7. The van der Waals surface area contributed by atoms with Gasteiger partial charge in [-0.3, -0.25) is 4.90 Å². The number of carbonyl (C=O) groups excluding carboxylic acids is 1. The molecule has 2 aliphatic rings. The van der Waals surface area contributed by atoms with Gasteiger partial charge >= 0.3 is 6.03 Å². The molecule has 2 amide bonds. The minimum atomic E-state index is -0.194. The van der Waals surface area contributed by atoms with Gasteiger partial charge in [-0.15, -0.1) is 0 Å². The van der Waals surface area contributed by atoms with Gasteiger partial charge in [0.25, 0.3) is 0 Å². The SMILES string of the molecule is COc1ccc([C@H]2[C@@H]3CN(Cc4cccc(F)c4)C[C@@H]3CN2C(=O)N(C)C)cc1. The van der Waals surface area contributed by atoms with Crippen LogP contribution in [0, 0.1) is 17.7 Å². The van der Waals surface area contributed by atoms with Crippen molar-refractivity contribution in [2.45, 2.75) is 12.6 Å². The molecule has 2 fully saturated rings. The molecule has 0 bridgehead atoms. The number of rotatable bonds is 4. The molecule has 5 nitrogen and oxygen atoms in total. The molecule has 29 heavy (non-hydrogen) atoms. The van der Waals surface area contributed by atoms with E-state index < -0.39 is 0 Å². The van der Waals surface area contributed by atoms with Gasteiger partial charge in [-0.25, -0.2) is 9.18 Å². The molecule has 2 aromatic carbocycles. The number of benzene rings is 2. The van der Waals surface area contributed by atoms with Crippen molar-refractivity contribution in [1.82, 2.24) is 14.7 Å². The van der Waals surface area contributed by atoms with E-state index in [4.69, 9.17) is 4.74 Å². The lowest BCUT2D eigenvalue weighted by Crippen LogP contribution is -2.41. The van der Waals surface area contributed by atoms with E-state index in [1.165, 1.54) is 6.07 Å². The standard InChI is InChI=1S/C23H28FN3O2/c1-25(2)23(28)27-14-18-13-26(12-16-5-4-6-19(24)11-16)15-21(18)22(27)17-7-9-20(29-3)10-8-17/h4-11,18,21-22H,12-15H2,1-3H3/t18-,21-,22+/m1/s1. The number of methoxy groups -OCH3 is 1. The van der Waals surface area contributed by atoms with Crippen molar-refractivity contribution in [1.29, 1.82) is 0 Å². The topological polar surface area (TPSA) is 36.0 Å². The van der Waals surface area contributed by atoms with E-state index in [-0.39, 0.29) is 17.9 Å². The van der Waals surface area contributed by atoms with Gasteiger partial charge in [0.15, 0.2) is 0 Å². The maximum absolute atomic E-state index is 13.6. The van der Waals surface area contributed by atoms with Gasteiger partial charge in [0, 0.05) is 46.2 Å². The Morgan fingerprint density at radius 3 is 2.55 bits per heavy atom. The summed E-state index contributed by atoms with van der Waals surface area (Å²) in [5.74, 6) is 1.40. The van der Waals surface area contributed by atoms with Crippen LogP contribution >= 0.6 is 0 Å². The van der Waals surface area contributed by atoms with Crippen LogP contribution in [0.15, 0.2) is 48.5 Å². The maximum atomic E-state index is 13.6. The summed E-state index contributed by atoms with van der Waals surface area (Å²) in [6, 6.07) is 15.0. The smallest absolute Gasteiger partial charge is 0.320 e. The quantitative estimate of drug-likeness (QED) is 0.791. The van der Waals surface area contributed by atoms with Crippen molar-refractivity contribution in [3.63, 3.8) is 0 Å². The monoisotopic (exact) mass is 397 g/mol. The molecule has 0 unspecified atom stereocenters. The van der Waals surface area contributed by atoms with E-state index in [1.807, 2.05) is 23.1 Å². The van der Waals surface area contributed by atoms with E-state index in [0.717, 1.165) is 43.1 Å². The molecule has 3 atom stereocenters. The number of halogens is 1. The first-order chi connectivity index (χ1) is 14.0. The van der Waals surface area contributed by atoms with Crippen molar-refractivity contribution in [3.8, 4) is 5.75 Å². The molecule has 0 spiro atoms. The van der Waals surface area contributed by atoms with E-state index in [0.29, 0.717) is 11.8 Å². The molecule has 4 rings (SSSR count). The minimum Gasteiger partial charge on any atom is -0.497 e. The molecule has 2 aliphatic heterocycles. The fourth-order valence-corrected chi connectivity index (χ4v) is 4.84. The Bertz CT molecular complexity index is 871. The van der Waals surface area contributed by atoms with Crippen LogP contribution in [-0.4, -0.2) is 61.6 Å². The van der Waals surface area contributed by atoms with Crippen LogP contribution in [-0.2, 0) is 6.54 Å². The van der Waals surface area contributed by atoms with Gasteiger partial charge in [0.05, 0.1) is 13.2 Å². The Kier molecular flexibility index (Phi) is 5.46. The lowest BCUT2D eigenvalue weighted by Gasteiger charge is -2.32. The third-order valence-electron chi connectivity index (χ3n) is 6.12.